The van der Waals surface area contributed by atoms with Gasteiger partial charge in [0.15, 0.2) is 5.96 Å². The molecule has 1 aliphatic rings. The minimum atomic E-state index is -0.153. The average molecular weight is 417 g/mol. The monoisotopic (exact) mass is 417 g/mol. The SMILES string of the molecule is CCNC(=NCC1(OC)CCOCC1)NCCSC.I. The highest BCUT2D eigenvalue weighted by molar-refractivity contribution is 14.0. The third kappa shape index (κ3) is 7.33. The van der Waals surface area contributed by atoms with Crippen molar-refractivity contribution in [2.24, 2.45) is 4.99 Å². The third-order valence-electron chi connectivity index (χ3n) is 3.31. The second-order valence-corrected chi connectivity index (χ2v) is 5.60. The number of ether oxygens (including phenoxy) is 2. The minimum Gasteiger partial charge on any atom is -0.381 e. The van der Waals surface area contributed by atoms with Crippen LogP contribution in [0.3, 0.4) is 0 Å². The lowest BCUT2D eigenvalue weighted by atomic mass is 9.94. The van der Waals surface area contributed by atoms with E-state index in [9.17, 15) is 0 Å². The number of hydrogen-bond donors (Lipinski definition) is 2. The van der Waals surface area contributed by atoms with Crippen LogP contribution in [0.5, 0.6) is 0 Å². The van der Waals surface area contributed by atoms with Crippen LogP contribution in [0.4, 0.5) is 0 Å². The Morgan fingerprint density at radius 1 is 1.35 bits per heavy atom. The largest absolute Gasteiger partial charge is 0.381 e. The molecule has 0 radical (unpaired) electrons. The Morgan fingerprint density at radius 2 is 2.05 bits per heavy atom. The molecule has 0 aromatic rings. The average Bonchev–Trinajstić information content (AvgIpc) is 2.46. The third-order valence-corrected chi connectivity index (χ3v) is 3.92. The van der Waals surface area contributed by atoms with Gasteiger partial charge in [-0.2, -0.15) is 11.8 Å². The second kappa shape index (κ2) is 11.9. The summed E-state index contributed by atoms with van der Waals surface area (Å²) < 4.78 is 11.1. The first-order valence-corrected chi connectivity index (χ1v) is 8.30. The van der Waals surface area contributed by atoms with Gasteiger partial charge >= 0.3 is 0 Å². The maximum Gasteiger partial charge on any atom is 0.191 e. The molecule has 0 amide bonds. The standard InChI is InChI=1S/C13H27N3O2S.HI/c1-4-14-12(15-7-10-19-3)16-11-13(17-2)5-8-18-9-6-13;/h4-11H2,1-3H3,(H2,14,15,16);1H. The zero-order valence-corrected chi connectivity index (χ0v) is 15.9. The lowest BCUT2D eigenvalue weighted by molar-refractivity contribution is -0.0828. The topological polar surface area (TPSA) is 54.9 Å². The van der Waals surface area contributed by atoms with Gasteiger partial charge in [0.1, 0.15) is 0 Å². The van der Waals surface area contributed by atoms with E-state index in [1.54, 1.807) is 7.11 Å². The Balaban J connectivity index is 0.00000361. The van der Waals surface area contributed by atoms with Crippen LogP contribution >= 0.6 is 35.7 Å². The fourth-order valence-electron chi connectivity index (χ4n) is 2.01. The molecule has 0 aliphatic carbocycles. The lowest BCUT2D eigenvalue weighted by Crippen LogP contribution is -2.44. The maximum atomic E-state index is 5.69. The first kappa shape index (κ1) is 20.3. The van der Waals surface area contributed by atoms with E-state index in [2.05, 4.69) is 28.8 Å². The van der Waals surface area contributed by atoms with Gasteiger partial charge in [-0.15, -0.1) is 24.0 Å². The highest BCUT2D eigenvalue weighted by atomic mass is 127. The Morgan fingerprint density at radius 3 is 2.60 bits per heavy atom. The number of nitrogens with zero attached hydrogens (tertiary/aromatic N) is 1. The Kier molecular flexibility index (Phi) is 12.0. The van der Waals surface area contributed by atoms with Crippen molar-refractivity contribution in [2.75, 3.05) is 52.0 Å². The van der Waals surface area contributed by atoms with Crippen molar-refractivity contribution in [3.05, 3.63) is 0 Å². The molecule has 20 heavy (non-hydrogen) atoms. The van der Waals surface area contributed by atoms with Crippen LogP contribution in [0.25, 0.3) is 0 Å². The van der Waals surface area contributed by atoms with E-state index in [1.807, 2.05) is 11.8 Å². The van der Waals surface area contributed by atoms with Gasteiger partial charge in [0.25, 0.3) is 0 Å². The molecule has 0 spiro atoms. The van der Waals surface area contributed by atoms with Gasteiger partial charge in [-0.1, -0.05) is 0 Å². The lowest BCUT2D eigenvalue weighted by Gasteiger charge is -2.34. The number of guanidine groups is 1. The van der Waals surface area contributed by atoms with Crippen molar-refractivity contribution in [2.45, 2.75) is 25.4 Å². The van der Waals surface area contributed by atoms with E-state index in [4.69, 9.17) is 9.47 Å². The number of nitrogens with one attached hydrogen (secondary N) is 2. The van der Waals surface area contributed by atoms with Crippen LogP contribution in [0, 0.1) is 0 Å². The fourth-order valence-corrected chi connectivity index (χ4v) is 2.31. The van der Waals surface area contributed by atoms with Crippen LogP contribution in [-0.2, 0) is 9.47 Å². The van der Waals surface area contributed by atoms with E-state index in [0.29, 0.717) is 6.54 Å². The quantitative estimate of drug-likeness (QED) is 0.286. The maximum absolute atomic E-state index is 5.69. The number of rotatable bonds is 7. The van der Waals surface area contributed by atoms with Gasteiger partial charge in [0.05, 0.1) is 12.1 Å². The molecule has 0 aromatic heterocycles. The van der Waals surface area contributed by atoms with Crippen molar-refractivity contribution in [1.29, 1.82) is 0 Å². The number of hydrogen-bond acceptors (Lipinski definition) is 4. The Labute approximate surface area is 144 Å². The van der Waals surface area contributed by atoms with E-state index in [1.165, 1.54) is 0 Å². The molecule has 2 N–H and O–H groups in total. The highest BCUT2D eigenvalue weighted by Gasteiger charge is 2.32. The smallest absolute Gasteiger partial charge is 0.191 e. The fraction of sp³-hybridized carbons (Fsp3) is 0.923. The first-order valence-electron chi connectivity index (χ1n) is 6.90. The molecule has 5 nitrogen and oxygen atoms in total. The van der Waals surface area contributed by atoms with Crippen LogP contribution in [0.2, 0.25) is 0 Å². The summed E-state index contributed by atoms with van der Waals surface area (Å²) in [4.78, 5) is 4.66. The zero-order valence-electron chi connectivity index (χ0n) is 12.7. The highest BCUT2D eigenvalue weighted by Crippen LogP contribution is 2.24. The van der Waals surface area contributed by atoms with E-state index < -0.39 is 0 Å². The van der Waals surface area contributed by atoms with E-state index >= 15 is 0 Å². The Hall–Kier alpha value is 0.270. The summed E-state index contributed by atoms with van der Waals surface area (Å²) in [5.41, 5.74) is -0.153. The molecule has 1 aliphatic heterocycles. The van der Waals surface area contributed by atoms with Crippen molar-refractivity contribution in [1.82, 2.24) is 10.6 Å². The van der Waals surface area contributed by atoms with E-state index in [-0.39, 0.29) is 29.6 Å². The van der Waals surface area contributed by atoms with Crippen LogP contribution in [0.15, 0.2) is 4.99 Å². The number of aliphatic imine (C=N–C) groups is 1. The summed E-state index contributed by atoms with van der Waals surface area (Å²) in [6.45, 7) is 6.08. The molecule has 0 unspecified atom stereocenters. The molecule has 7 heteroatoms. The molecular formula is C13H28IN3O2S. The summed E-state index contributed by atoms with van der Waals surface area (Å²) >= 11 is 1.83. The molecule has 1 fully saturated rings. The van der Waals surface area contributed by atoms with Gasteiger partial charge in [-0.25, -0.2) is 0 Å². The molecule has 120 valence electrons. The van der Waals surface area contributed by atoms with Crippen LogP contribution in [-0.4, -0.2) is 63.5 Å². The van der Waals surface area contributed by atoms with Crippen LogP contribution < -0.4 is 10.6 Å². The number of methoxy groups -OCH3 is 1. The molecule has 1 saturated heterocycles. The molecular weight excluding hydrogens is 389 g/mol. The summed E-state index contributed by atoms with van der Waals surface area (Å²) in [7, 11) is 1.77. The predicted molar refractivity (Wildman–Crippen MR) is 97.6 cm³/mol. The van der Waals surface area contributed by atoms with Gasteiger partial charge in [0.2, 0.25) is 0 Å². The van der Waals surface area contributed by atoms with Gasteiger partial charge in [-0.3, -0.25) is 4.99 Å². The van der Waals surface area contributed by atoms with Gasteiger partial charge in [-0.05, 0) is 13.2 Å². The second-order valence-electron chi connectivity index (χ2n) is 4.61. The first-order chi connectivity index (χ1) is 9.26. The molecule has 0 aromatic carbocycles. The van der Waals surface area contributed by atoms with Crippen molar-refractivity contribution in [3.8, 4) is 0 Å². The Bertz CT molecular complexity index is 274. The molecule has 0 saturated carbocycles. The number of halogens is 1. The molecule has 0 atom stereocenters. The van der Waals surface area contributed by atoms with E-state index in [0.717, 1.165) is 50.9 Å². The predicted octanol–water partition coefficient (Wildman–Crippen LogP) is 1.72. The molecule has 0 bridgehead atoms. The summed E-state index contributed by atoms with van der Waals surface area (Å²) in [5.74, 6) is 1.95. The van der Waals surface area contributed by atoms with Gasteiger partial charge in [0, 0.05) is 52.0 Å². The molecule has 1 heterocycles. The van der Waals surface area contributed by atoms with Crippen LogP contribution in [0.1, 0.15) is 19.8 Å². The summed E-state index contributed by atoms with van der Waals surface area (Å²) in [6, 6.07) is 0. The minimum absolute atomic E-state index is 0. The van der Waals surface area contributed by atoms with Gasteiger partial charge < -0.3 is 20.1 Å². The van der Waals surface area contributed by atoms with Crippen molar-refractivity contribution in [3.63, 3.8) is 0 Å². The summed E-state index contributed by atoms with van der Waals surface area (Å²) in [5, 5.41) is 6.60. The number of thioether (sulfide) groups is 1. The molecule has 1 rings (SSSR count). The van der Waals surface area contributed by atoms with Crippen molar-refractivity contribution < 1.29 is 9.47 Å². The summed E-state index contributed by atoms with van der Waals surface area (Å²) in [6.07, 6.45) is 3.93. The van der Waals surface area contributed by atoms with Crippen molar-refractivity contribution >= 4 is 41.7 Å². The normalized spacial score (nSPS) is 18.2. The zero-order chi connectivity index (χ0) is 14.0.